The van der Waals surface area contributed by atoms with E-state index in [9.17, 15) is 9.18 Å². The van der Waals surface area contributed by atoms with Gasteiger partial charge in [0.25, 0.3) is 5.67 Å². The van der Waals surface area contributed by atoms with E-state index in [1.54, 1.807) is 13.8 Å². The Kier molecular flexibility index (Phi) is 4.39. The molecular weight excluding hydrogens is 173 g/mol. The van der Waals surface area contributed by atoms with E-state index in [1.165, 1.54) is 13.0 Å². The van der Waals surface area contributed by atoms with Gasteiger partial charge in [-0.15, -0.1) is 0 Å². The lowest BCUT2D eigenvalue weighted by molar-refractivity contribution is -0.156. The van der Waals surface area contributed by atoms with Gasteiger partial charge >= 0.3 is 5.97 Å². The van der Waals surface area contributed by atoms with Crippen molar-refractivity contribution in [3.8, 4) is 6.07 Å². The van der Waals surface area contributed by atoms with Crippen molar-refractivity contribution in [1.29, 1.82) is 5.26 Å². The first-order chi connectivity index (χ1) is 6.02. The predicted octanol–water partition coefficient (Wildman–Crippen LogP) is 1.83. The highest BCUT2D eigenvalue weighted by Gasteiger charge is 2.45. The van der Waals surface area contributed by atoms with Crippen molar-refractivity contribution in [2.45, 2.75) is 32.9 Å². The molecule has 0 aromatic rings. The molecule has 0 aliphatic rings. The summed E-state index contributed by atoms with van der Waals surface area (Å²) in [5, 5.41) is 8.56. The Hall–Kier alpha value is -1.11. The van der Waals surface area contributed by atoms with Crippen molar-refractivity contribution in [3.05, 3.63) is 0 Å². The summed E-state index contributed by atoms with van der Waals surface area (Å²) < 4.78 is 18.1. The second-order valence-corrected chi connectivity index (χ2v) is 2.85. The van der Waals surface area contributed by atoms with Gasteiger partial charge in [0.2, 0.25) is 0 Å². The molecule has 0 spiro atoms. The molecule has 0 saturated heterocycles. The largest absolute Gasteiger partial charge is 0.463 e. The zero-order valence-electron chi connectivity index (χ0n) is 8.13. The Balaban J connectivity index is 4.64. The van der Waals surface area contributed by atoms with Gasteiger partial charge in [-0.1, -0.05) is 13.8 Å². The quantitative estimate of drug-likeness (QED) is 0.631. The van der Waals surface area contributed by atoms with Crippen LogP contribution >= 0.6 is 0 Å². The van der Waals surface area contributed by atoms with E-state index in [2.05, 4.69) is 4.74 Å². The predicted molar refractivity (Wildman–Crippen MR) is 45.5 cm³/mol. The summed E-state index contributed by atoms with van der Waals surface area (Å²) >= 11 is 0. The fraction of sp³-hybridized carbons (Fsp3) is 0.778. The Labute approximate surface area is 77.5 Å². The summed E-state index contributed by atoms with van der Waals surface area (Å²) in [6, 6.07) is 1.37. The van der Waals surface area contributed by atoms with Crippen LogP contribution in [0.2, 0.25) is 0 Å². The van der Waals surface area contributed by atoms with E-state index in [1.807, 2.05) is 0 Å². The summed E-state index contributed by atoms with van der Waals surface area (Å²) in [6.45, 7) is 4.89. The molecule has 0 radical (unpaired) electrons. The smallest absolute Gasteiger partial charge is 0.359 e. The second-order valence-electron chi connectivity index (χ2n) is 2.85. The van der Waals surface area contributed by atoms with Gasteiger partial charge in [-0.25, -0.2) is 9.18 Å². The van der Waals surface area contributed by atoms with Crippen LogP contribution in [-0.4, -0.2) is 18.2 Å². The summed E-state index contributed by atoms with van der Waals surface area (Å²) in [5.41, 5.74) is -2.50. The minimum absolute atomic E-state index is 0.0859. The zero-order chi connectivity index (χ0) is 10.5. The monoisotopic (exact) mass is 187 g/mol. The summed E-state index contributed by atoms with van der Waals surface area (Å²) in [5.74, 6) is -1.72. The number of halogens is 1. The number of ether oxygens (including phenoxy) is 1. The molecular formula is C9H14FNO2. The van der Waals surface area contributed by atoms with Gasteiger partial charge in [0.15, 0.2) is 0 Å². The zero-order valence-corrected chi connectivity index (χ0v) is 8.13. The molecule has 0 aromatic heterocycles. The molecule has 0 aromatic carbocycles. The number of nitrogens with zero attached hydrogens (tertiary/aromatic N) is 1. The van der Waals surface area contributed by atoms with Gasteiger partial charge in [-0.2, -0.15) is 5.26 Å². The van der Waals surface area contributed by atoms with Gasteiger partial charge in [0, 0.05) is 5.92 Å². The summed E-state index contributed by atoms with van der Waals surface area (Å²) in [4.78, 5) is 11.1. The Morgan fingerprint density at radius 1 is 1.69 bits per heavy atom. The molecule has 3 nitrogen and oxygen atoms in total. The van der Waals surface area contributed by atoms with Crippen molar-refractivity contribution >= 4 is 5.97 Å². The lowest BCUT2D eigenvalue weighted by Gasteiger charge is -2.21. The molecule has 0 saturated carbocycles. The average Bonchev–Trinajstić information content (AvgIpc) is 2.15. The van der Waals surface area contributed by atoms with Crippen LogP contribution in [0.25, 0.3) is 0 Å². The third-order valence-electron chi connectivity index (χ3n) is 2.03. The molecule has 0 fully saturated rings. The third kappa shape index (κ3) is 2.41. The molecule has 0 rings (SSSR count). The van der Waals surface area contributed by atoms with Crippen molar-refractivity contribution < 1.29 is 13.9 Å². The number of esters is 1. The molecule has 0 bridgehead atoms. The van der Waals surface area contributed by atoms with Gasteiger partial charge in [0.05, 0.1) is 6.61 Å². The van der Waals surface area contributed by atoms with Gasteiger partial charge in [-0.05, 0) is 13.3 Å². The van der Waals surface area contributed by atoms with E-state index in [0.717, 1.165) is 0 Å². The second kappa shape index (κ2) is 4.80. The maximum atomic E-state index is 13.7. The minimum Gasteiger partial charge on any atom is -0.463 e. The maximum Gasteiger partial charge on any atom is 0.359 e. The van der Waals surface area contributed by atoms with Gasteiger partial charge in [-0.3, -0.25) is 0 Å². The van der Waals surface area contributed by atoms with Gasteiger partial charge < -0.3 is 4.74 Å². The van der Waals surface area contributed by atoms with Crippen LogP contribution < -0.4 is 0 Å². The van der Waals surface area contributed by atoms with Crippen molar-refractivity contribution in [2.24, 2.45) is 5.92 Å². The van der Waals surface area contributed by atoms with Crippen molar-refractivity contribution in [1.82, 2.24) is 0 Å². The lowest BCUT2D eigenvalue weighted by atomic mass is 9.90. The summed E-state index contributed by atoms with van der Waals surface area (Å²) in [7, 11) is 0. The standard InChI is InChI=1S/C9H14FNO2/c1-4-7(3)9(10,6-11)8(12)13-5-2/h7H,4-5H2,1-3H3/t7-,9+/m0/s1. The van der Waals surface area contributed by atoms with E-state index in [4.69, 9.17) is 5.26 Å². The van der Waals surface area contributed by atoms with Crippen LogP contribution in [0.3, 0.4) is 0 Å². The fourth-order valence-corrected chi connectivity index (χ4v) is 0.874. The van der Waals surface area contributed by atoms with Crippen LogP contribution in [-0.2, 0) is 9.53 Å². The number of alkyl halides is 1. The van der Waals surface area contributed by atoms with E-state index in [0.29, 0.717) is 6.42 Å². The molecule has 0 aliphatic carbocycles. The van der Waals surface area contributed by atoms with Crippen LogP contribution in [0.4, 0.5) is 4.39 Å². The van der Waals surface area contributed by atoms with Crippen LogP contribution in [0.1, 0.15) is 27.2 Å². The lowest BCUT2D eigenvalue weighted by Crippen LogP contribution is -2.40. The number of hydrogen-bond donors (Lipinski definition) is 0. The molecule has 0 aliphatic heterocycles. The first-order valence-electron chi connectivity index (χ1n) is 4.30. The van der Waals surface area contributed by atoms with E-state index in [-0.39, 0.29) is 6.61 Å². The van der Waals surface area contributed by atoms with Crippen LogP contribution in [0.15, 0.2) is 0 Å². The first-order valence-corrected chi connectivity index (χ1v) is 4.30. The topological polar surface area (TPSA) is 50.1 Å². The molecule has 0 unspecified atom stereocenters. The van der Waals surface area contributed by atoms with Crippen molar-refractivity contribution in [3.63, 3.8) is 0 Å². The highest BCUT2D eigenvalue weighted by Crippen LogP contribution is 2.25. The normalized spacial score (nSPS) is 16.8. The first kappa shape index (κ1) is 11.9. The van der Waals surface area contributed by atoms with E-state index < -0.39 is 17.6 Å². The Morgan fingerprint density at radius 2 is 2.23 bits per heavy atom. The number of carbonyl (C=O) groups is 1. The van der Waals surface area contributed by atoms with Crippen LogP contribution in [0.5, 0.6) is 0 Å². The number of rotatable bonds is 4. The SMILES string of the molecule is CCOC(=O)[C@@](F)(C#N)[C@@H](C)CC. The number of nitriles is 1. The molecule has 2 atom stereocenters. The maximum absolute atomic E-state index is 13.7. The molecule has 0 heterocycles. The Bertz CT molecular complexity index is 224. The third-order valence-corrected chi connectivity index (χ3v) is 2.03. The molecule has 74 valence electrons. The molecule has 13 heavy (non-hydrogen) atoms. The highest BCUT2D eigenvalue weighted by atomic mass is 19.1. The molecule has 0 amide bonds. The van der Waals surface area contributed by atoms with E-state index >= 15 is 0 Å². The summed E-state index contributed by atoms with van der Waals surface area (Å²) in [6.07, 6.45) is 0.420. The average molecular weight is 187 g/mol. The molecule has 0 N–H and O–H groups in total. The fourth-order valence-electron chi connectivity index (χ4n) is 0.874. The number of carbonyl (C=O) groups excluding carboxylic acids is 1. The Morgan fingerprint density at radius 3 is 2.54 bits per heavy atom. The van der Waals surface area contributed by atoms with Crippen molar-refractivity contribution in [2.75, 3.05) is 6.61 Å². The van der Waals surface area contributed by atoms with Gasteiger partial charge in [0.1, 0.15) is 6.07 Å². The highest BCUT2D eigenvalue weighted by molar-refractivity contribution is 5.83. The minimum atomic E-state index is -2.50. The molecule has 4 heteroatoms. The van der Waals surface area contributed by atoms with Crippen LogP contribution in [0, 0.1) is 17.2 Å². The number of hydrogen-bond acceptors (Lipinski definition) is 3.